The van der Waals surface area contributed by atoms with Crippen LogP contribution in [0.3, 0.4) is 0 Å². The van der Waals surface area contributed by atoms with Crippen molar-refractivity contribution in [3.8, 4) is 0 Å². The first-order valence-electron chi connectivity index (χ1n) is 5.00. The maximum atomic E-state index is 11.4. The summed E-state index contributed by atoms with van der Waals surface area (Å²) in [6.07, 6.45) is 1.76. The van der Waals surface area contributed by atoms with E-state index in [1.807, 2.05) is 25.1 Å². The average molecular weight is 190 g/mol. The summed E-state index contributed by atoms with van der Waals surface area (Å²) in [6.45, 7) is 1.95. The topological polar surface area (TPSA) is 26.3 Å². The van der Waals surface area contributed by atoms with E-state index < -0.39 is 0 Å². The van der Waals surface area contributed by atoms with Crippen molar-refractivity contribution >= 4 is 5.97 Å². The van der Waals surface area contributed by atoms with Crippen molar-refractivity contribution < 1.29 is 9.53 Å². The van der Waals surface area contributed by atoms with E-state index in [4.69, 9.17) is 4.74 Å². The molecule has 1 heterocycles. The molecule has 0 bridgehead atoms. The summed E-state index contributed by atoms with van der Waals surface area (Å²) in [5.41, 5.74) is 1.21. The van der Waals surface area contributed by atoms with Gasteiger partial charge >= 0.3 is 5.97 Å². The fourth-order valence-corrected chi connectivity index (χ4v) is 1.90. The smallest absolute Gasteiger partial charge is 0.309 e. The van der Waals surface area contributed by atoms with E-state index in [9.17, 15) is 4.79 Å². The maximum Gasteiger partial charge on any atom is 0.309 e. The predicted octanol–water partition coefficient (Wildman–Crippen LogP) is 2.18. The van der Waals surface area contributed by atoms with Crippen LogP contribution in [-0.2, 0) is 16.0 Å². The first-order valence-corrected chi connectivity index (χ1v) is 5.00. The molecule has 2 rings (SSSR count). The van der Waals surface area contributed by atoms with Crippen LogP contribution in [0.1, 0.15) is 18.9 Å². The van der Waals surface area contributed by atoms with Crippen LogP contribution >= 0.6 is 0 Å². The highest BCUT2D eigenvalue weighted by Gasteiger charge is 2.31. The van der Waals surface area contributed by atoms with Gasteiger partial charge in [0.25, 0.3) is 0 Å². The lowest BCUT2D eigenvalue weighted by Gasteiger charge is -2.04. The summed E-state index contributed by atoms with van der Waals surface area (Å²) in [6, 6.07) is 10.1. The largest absolute Gasteiger partial charge is 0.462 e. The van der Waals surface area contributed by atoms with Gasteiger partial charge in [-0.25, -0.2) is 0 Å². The highest BCUT2D eigenvalue weighted by Crippen LogP contribution is 2.24. The van der Waals surface area contributed by atoms with Gasteiger partial charge in [-0.05, 0) is 25.3 Å². The van der Waals surface area contributed by atoms with Crippen LogP contribution in [0.15, 0.2) is 30.3 Å². The molecule has 1 saturated heterocycles. The van der Waals surface area contributed by atoms with E-state index >= 15 is 0 Å². The van der Waals surface area contributed by atoms with Crippen molar-refractivity contribution in [3.63, 3.8) is 0 Å². The number of ether oxygens (including phenoxy) is 1. The molecular formula is C12H14O2. The third kappa shape index (κ3) is 1.95. The van der Waals surface area contributed by atoms with Crippen molar-refractivity contribution in [2.45, 2.75) is 25.9 Å². The Morgan fingerprint density at radius 1 is 1.36 bits per heavy atom. The number of hydrogen-bond donors (Lipinski definition) is 0. The Balaban J connectivity index is 2.02. The number of carbonyl (C=O) groups excluding carboxylic acids is 1. The fraction of sp³-hybridized carbons (Fsp3) is 0.417. The second-order valence-corrected chi connectivity index (χ2v) is 3.87. The van der Waals surface area contributed by atoms with E-state index in [-0.39, 0.29) is 18.0 Å². The van der Waals surface area contributed by atoms with Crippen molar-refractivity contribution in [2.75, 3.05) is 0 Å². The molecule has 0 radical (unpaired) electrons. The lowest BCUT2D eigenvalue weighted by molar-refractivity contribution is -0.143. The Kier molecular flexibility index (Phi) is 2.53. The number of hydrogen-bond acceptors (Lipinski definition) is 2. The van der Waals surface area contributed by atoms with Crippen LogP contribution in [0, 0.1) is 5.92 Å². The number of cyclic esters (lactones) is 1. The molecule has 14 heavy (non-hydrogen) atoms. The number of carbonyl (C=O) groups is 1. The molecule has 1 aliphatic heterocycles. The van der Waals surface area contributed by atoms with Gasteiger partial charge in [0.2, 0.25) is 0 Å². The van der Waals surface area contributed by atoms with Gasteiger partial charge in [0.15, 0.2) is 0 Å². The SMILES string of the molecule is C[C@H]1C[C@@H](Cc2ccccc2)C(=O)O1. The van der Waals surface area contributed by atoms with Gasteiger partial charge in [-0.3, -0.25) is 4.79 Å². The summed E-state index contributed by atoms with van der Waals surface area (Å²) in [7, 11) is 0. The van der Waals surface area contributed by atoms with E-state index in [0.29, 0.717) is 0 Å². The molecule has 0 amide bonds. The minimum Gasteiger partial charge on any atom is -0.462 e. The van der Waals surface area contributed by atoms with E-state index in [2.05, 4.69) is 12.1 Å². The zero-order valence-electron chi connectivity index (χ0n) is 8.27. The molecule has 0 unspecified atom stereocenters. The third-order valence-corrected chi connectivity index (χ3v) is 2.59. The Bertz CT molecular complexity index is 318. The molecule has 1 aromatic rings. The third-order valence-electron chi connectivity index (χ3n) is 2.59. The molecule has 2 nitrogen and oxygen atoms in total. The van der Waals surface area contributed by atoms with Gasteiger partial charge in [0, 0.05) is 0 Å². The Hall–Kier alpha value is -1.31. The second kappa shape index (κ2) is 3.82. The van der Waals surface area contributed by atoms with Gasteiger partial charge in [0.1, 0.15) is 0 Å². The molecule has 0 N–H and O–H groups in total. The Morgan fingerprint density at radius 2 is 2.07 bits per heavy atom. The molecule has 1 fully saturated rings. The van der Waals surface area contributed by atoms with Crippen LogP contribution < -0.4 is 0 Å². The molecule has 1 aromatic carbocycles. The van der Waals surface area contributed by atoms with Crippen LogP contribution in [0.4, 0.5) is 0 Å². The van der Waals surface area contributed by atoms with Crippen LogP contribution in [0.25, 0.3) is 0 Å². The quantitative estimate of drug-likeness (QED) is 0.668. The standard InChI is InChI=1S/C12H14O2/c1-9-7-11(12(13)14-9)8-10-5-3-2-4-6-10/h2-6,9,11H,7-8H2,1H3/t9-,11-/m0/s1. The number of esters is 1. The van der Waals surface area contributed by atoms with Crippen LogP contribution in [0.5, 0.6) is 0 Å². The predicted molar refractivity (Wildman–Crippen MR) is 53.8 cm³/mol. The van der Waals surface area contributed by atoms with E-state index in [1.54, 1.807) is 0 Å². The molecule has 1 aliphatic rings. The normalized spacial score (nSPS) is 26.2. The summed E-state index contributed by atoms with van der Waals surface area (Å²) in [5, 5.41) is 0. The first-order chi connectivity index (χ1) is 6.75. The summed E-state index contributed by atoms with van der Waals surface area (Å²) in [5.74, 6) is 0.0220. The molecular weight excluding hydrogens is 176 g/mol. The molecule has 0 spiro atoms. The Morgan fingerprint density at radius 3 is 2.64 bits per heavy atom. The summed E-state index contributed by atoms with van der Waals surface area (Å²) < 4.78 is 5.11. The van der Waals surface area contributed by atoms with Gasteiger partial charge in [0.05, 0.1) is 12.0 Å². The van der Waals surface area contributed by atoms with Crippen molar-refractivity contribution in [3.05, 3.63) is 35.9 Å². The molecule has 2 atom stereocenters. The number of benzene rings is 1. The van der Waals surface area contributed by atoms with Crippen molar-refractivity contribution in [1.29, 1.82) is 0 Å². The maximum absolute atomic E-state index is 11.4. The lowest BCUT2D eigenvalue weighted by atomic mass is 9.97. The van der Waals surface area contributed by atoms with Crippen molar-refractivity contribution in [2.24, 2.45) is 5.92 Å². The summed E-state index contributed by atoms with van der Waals surface area (Å²) in [4.78, 5) is 11.4. The molecule has 0 aliphatic carbocycles. The highest BCUT2D eigenvalue weighted by molar-refractivity contribution is 5.74. The minimum atomic E-state index is -0.0404. The minimum absolute atomic E-state index is 0.0404. The average Bonchev–Trinajstić information content (AvgIpc) is 2.47. The van der Waals surface area contributed by atoms with Crippen LogP contribution in [-0.4, -0.2) is 12.1 Å². The first kappa shape index (κ1) is 9.25. The zero-order valence-corrected chi connectivity index (χ0v) is 8.27. The monoisotopic (exact) mass is 190 g/mol. The van der Waals surface area contributed by atoms with Gasteiger partial charge < -0.3 is 4.74 Å². The summed E-state index contributed by atoms with van der Waals surface area (Å²) >= 11 is 0. The molecule has 2 heteroatoms. The fourth-order valence-electron chi connectivity index (χ4n) is 1.90. The Labute approximate surface area is 83.9 Å². The van der Waals surface area contributed by atoms with Gasteiger partial charge in [-0.15, -0.1) is 0 Å². The van der Waals surface area contributed by atoms with E-state index in [1.165, 1.54) is 5.56 Å². The highest BCUT2D eigenvalue weighted by atomic mass is 16.5. The van der Waals surface area contributed by atoms with Gasteiger partial charge in [-0.1, -0.05) is 30.3 Å². The zero-order chi connectivity index (χ0) is 9.97. The second-order valence-electron chi connectivity index (χ2n) is 3.87. The van der Waals surface area contributed by atoms with Crippen molar-refractivity contribution in [1.82, 2.24) is 0 Å². The molecule has 0 aromatic heterocycles. The molecule has 74 valence electrons. The van der Waals surface area contributed by atoms with Gasteiger partial charge in [-0.2, -0.15) is 0 Å². The van der Waals surface area contributed by atoms with Crippen LogP contribution in [0.2, 0.25) is 0 Å². The number of rotatable bonds is 2. The van der Waals surface area contributed by atoms with E-state index in [0.717, 1.165) is 12.8 Å². The molecule has 0 saturated carbocycles. The lowest BCUT2D eigenvalue weighted by Crippen LogP contribution is -2.10.